The first kappa shape index (κ1) is 25.6. The first-order chi connectivity index (χ1) is 17.4. The Bertz CT molecular complexity index is 1260. The molecule has 4 rings (SSSR count). The molecule has 1 aliphatic heterocycles. The number of carbonyl (C=O) groups excluding carboxylic acids is 2. The van der Waals surface area contributed by atoms with E-state index in [9.17, 15) is 14.0 Å². The molecule has 6 nitrogen and oxygen atoms in total. The third-order valence-corrected chi connectivity index (χ3v) is 6.30. The lowest BCUT2D eigenvalue weighted by Crippen LogP contribution is -2.32. The number of hydrogen-bond donors (Lipinski definition) is 0. The molecule has 0 bridgehead atoms. The van der Waals surface area contributed by atoms with Gasteiger partial charge in [0.05, 0.1) is 18.1 Å². The first-order valence-electron chi connectivity index (χ1n) is 11.2. The molecular weight excluding hydrogens is 505 g/mol. The molecule has 36 heavy (non-hydrogen) atoms. The predicted octanol–water partition coefficient (Wildman–Crippen LogP) is 6.57. The van der Waals surface area contributed by atoms with Crippen LogP contribution in [0, 0.1) is 5.82 Å². The average Bonchev–Trinajstić information content (AvgIpc) is 3.13. The van der Waals surface area contributed by atoms with Gasteiger partial charge < -0.3 is 14.2 Å². The monoisotopic (exact) mass is 527 g/mol. The average molecular weight is 528 g/mol. The van der Waals surface area contributed by atoms with Crippen LogP contribution in [-0.4, -0.2) is 35.8 Å². The highest BCUT2D eigenvalue weighted by molar-refractivity contribution is 8.18. The fourth-order valence-electron chi connectivity index (χ4n) is 3.37. The van der Waals surface area contributed by atoms with Gasteiger partial charge in [-0.25, -0.2) is 4.39 Å². The maximum absolute atomic E-state index is 13.0. The van der Waals surface area contributed by atoms with E-state index in [1.807, 2.05) is 19.1 Å². The van der Waals surface area contributed by atoms with E-state index in [2.05, 4.69) is 0 Å². The van der Waals surface area contributed by atoms with Crippen LogP contribution in [0.1, 0.15) is 18.1 Å². The molecule has 0 N–H and O–H groups in total. The normalized spacial score (nSPS) is 14.4. The second kappa shape index (κ2) is 12.0. The molecule has 1 heterocycles. The van der Waals surface area contributed by atoms with Crippen molar-refractivity contribution >= 4 is 40.6 Å². The Morgan fingerprint density at radius 2 is 1.69 bits per heavy atom. The van der Waals surface area contributed by atoms with Crippen molar-refractivity contribution < 1.29 is 28.2 Å². The van der Waals surface area contributed by atoms with Crippen LogP contribution >= 0.6 is 23.4 Å². The molecule has 0 aliphatic carbocycles. The van der Waals surface area contributed by atoms with Gasteiger partial charge in [-0.2, -0.15) is 0 Å². The minimum Gasteiger partial charge on any atom is -0.492 e. The van der Waals surface area contributed by atoms with E-state index in [4.69, 9.17) is 25.8 Å². The number of imide groups is 1. The fourth-order valence-corrected chi connectivity index (χ4v) is 4.36. The second-order valence-corrected chi connectivity index (χ2v) is 9.12. The number of nitrogens with zero attached hydrogens (tertiary/aromatic N) is 1. The summed E-state index contributed by atoms with van der Waals surface area (Å²) in [5.41, 5.74) is 1.66. The quantitative estimate of drug-likeness (QED) is 0.278. The summed E-state index contributed by atoms with van der Waals surface area (Å²) in [5.74, 6) is 0.795. The number of benzene rings is 3. The molecule has 1 saturated heterocycles. The summed E-state index contributed by atoms with van der Waals surface area (Å²) in [7, 11) is 0. The predicted molar refractivity (Wildman–Crippen MR) is 138 cm³/mol. The number of ether oxygens (including phenoxy) is 3. The maximum atomic E-state index is 13.0. The second-order valence-electron chi connectivity index (χ2n) is 7.69. The van der Waals surface area contributed by atoms with Crippen molar-refractivity contribution in [3.63, 3.8) is 0 Å². The van der Waals surface area contributed by atoms with Gasteiger partial charge in [0.25, 0.3) is 11.1 Å². The van der Waals surface area contributed by atoms with Gasteiger partial charge in [0.15, 0.2) is 11.5 Å². The number of halogens is 2. The Kier molecular flexibility index (Phi) is 8.51. The van der Waals surface area contributed by atoms with Crippen LogP contribution in [-0.2, 0) is 11.4 Å². The zero-order chi connectivity index (χ0) is 25.5. The third-order valence-electron chi connectivity index (χ3n) is 5.14. The summed E-state index contributed by atoms with van der Waals surface area (Å²) in [6.07, 6.45) is 1.65. The molecule has 3 aromatic rings. The van der Waals surface area contributed by atoms with Gasteiger partial charge in [0, 0.05) is 5.02 Å². The summed E-state index contributed by atoms with van der Waals surface area (Å²) >= 11 is 6.80. The van der Waals surface area contributed by atoms with Crippen molar-refractivity contribution in [2.24, 2.45) is 0 Å². The summed E-state index contributed by atoms with van der Waals surface area (Å²) in [5, 5.41) is 0.282. The number of thioether (sulfide) groups is 1. The van der Waals surface area contributed by atoms with E-state index >= 15 is 0 Å². The topological polar surface area (TPSA) is 65.1 Å². The molecule has 186 valence electrons. The highest BCUT2D eigenvalue weighted by Crippen LogP contribution is 2.35. The standard InChI is InChI=1S/C27H23ClFNO5S/c1-2-33-24-15-19(5-12-23(24)35-17-18-3-6-20(28)7-4-18)16-25-26(31)30(27(32)36-25)13-14-34-22-10-8-21(29)9-11-22/h3-12,15-16H,2,13-14,17H2,1H3/b25-16-. The molecule has 0 radical (unpaired) electrons. The largest absolute Gasteiger partial charge is 0.492 e. The van der Waals surface area contributed by atoms with Crippen LogP contribution in [0.25, 0.3) is 6.08 Å². The van der Waals surface area contributed by atoms with E-state index in [1.165, 1.54) is 24.3 Å². The van der Waals surface area contributed by atoms with E-state index in [1.54, 1.807) is 36.4 Å². The first-order valence-corrected chi connectivity index (χ1v) is 12.4. The van der Waals surface area contributed by atoms with Gasteiger partial charge in [-0.1, -0.05) is 29.8 Å². The van der Waals surface area contributed by atoms with Crippen LogP contribution in [0.2, 0.25) is 5.02 Å². The van der Waals surface area contributed by atoms with Crippen molar-refractivity contribution in [1.29, 1.82) is 0 Å². The summed E-state index contributed by atoms with van der Waals surface area (Å²) in [6, 6.07) is 18.2. The van der Waals surface area contributed by atoms with E-state index < -0.39 is 5.91 Å². The highest BCUT2D eigenvalue weighted by atomic mass is 35.5. The van der Waals surface area contributed by atoms with Crippen molar-refractivity contribution in [2.75, 3.05) is 19.8 Å². The smallest absolute Gasteiger partial charge is 0.293 e. The molecule has 1 fully saturated rings. The molecule has 0 spiro atoms. The summed E-state index contributed by atoms with van der Waals surface area (Å²) in [4.78, 5) is 26.7. The van der Waals surface area contributed by atoms with Crippen LogP contribution in [0.5, 0.6) is 17.2 Å². The lowest BCUT2D eigenvalue weighted by molar-refractivity contribution is -0.123. The number of carbonyl (C=O) groups is 2. The minimum atomic E-state index is -0.395. The molecule has 0 unspecified atom stereocenters. The van der Waals surface area contributed by atoms with E-state index in [-0.39, 0.29) is 24.2 Å². The zero-order valence-corrected chi connectivity index (χ0v) is 21.0. The third kappa shape index (κ3) is 6.59. The molecule has 1 aliphatic rings. The van der Waals surface area contributed by atoms with Crippen molar-refractivity contribution in [2.45, 2.75) is 13.5 Å². The van der Waals surface area contributed by atoms with Gasteiger partial charge in [-0.3, -0.25) is 14.5 Å². The molecule has 0 saturated carbocycles. The molecule has 2 amide bonds. The Morgan fingerprint density at radius 1 is 0.944 bits per heavy atom. The van der Waals surface area contributed by atoms with E-state index in [0.717, 1.165) is 22.2 Å². The zero-order valence-electron chi connectivity index (χ0n) is 19.4. The van der Waals surface area contributed by atoms with Gasteiger partial charge in [0.1, 0.15) is 24.8 Å². The van der Waals surface area contributed by atoms with Crippen molar-refractivity contribution in [1.82, 2.24) is 4.90 Å². The van der Waals surface area contributed by atoms with Crippen LogP contribution in [0.4, 0.5) is 9.18 Å². The Hall–Kier alpha value is -3.49. The lowest BCUT2D eigenvalue weighted by atomic mass is 10.1. The van der Waals surface area contributed by atoms with Crippen LogP contribution < -0.4 is 14.2 Å². The van der Waals surface area contributed by atoms with Gasteiger partial charge in [0.2, 0.25) is 0 Å². The fraction of sp³-hybridized carbons (Fsp3) is 0.185. The number of rotatable bonds is 10. The summed E-state index contributed by atoms with van der Waals surface area (Å²) in [6.45, 7) is 2.84. The number of hydrogen-bond acceptors (Lipinski definition) is 6. The van der Waals surface area contributed by atoms with Gasteiger partial charge in [-0.05, 0) is 84.4 Å². The maximum Gasteiger partial charge on any atom is 0.293 e. The van der Waals surface area contributed by atoms with Gasteiger partial charge in [-0.15, -0.1) is 0 Å². The van der Waals surface area contributed by atoms with Crippen molar-refractivity contribution in [3.8, 4) is 17.2 Å². The Morgan fingerprint density at radius 3 is 2.42 bits per heavy atom. The Balaban J connectivity index is 1.41. The molecule has 0 aromatic heterocycles. The van der Waals surface area contributed by atoms with Crippen LogP contribution in [0.15, 0.2) is 71.6 Å². The minimum absolute atomic E-state index is 0.0844. The number of amides is 2. The van der Waals surface area contributed by atoms with E-state index in [0.29, 0.717) is 46.0 Å². The molecule has 3 aromatic carbocycles. The highest BCUT2D eigenvalue weighted by Gasteiger charge is 2.34. The molecule has 9 heteroatoms. The SMILES string of the molecule is CCOc1cc(/C=C2\SC(=O)N(CCOc3ccc(F)cc3)C2=O)ccc1OCc1ccc(Cl)cc1. The molecular formula is C27H23ClFNO5S. The summed E-state index contributed by atoms with van der Waals surface area (Å²) < 4.78 is 30.2. The van der Waals surface area contributed by atoms with Gasteiger partial charge >= 0.3 is 0 Å². The van der Waals surface area contributed by atoms with Crippen LogP contribution in [0.3, 0.4) is 0 Å². The lowest BCUT2D eigenvalue weighted by Gasteiger charge is -2.13. The molecule has 0 atom stereocenters. The Labute approximate surface area is 217 Å². The van der Waals surface area contributed by atoms with Crippen molar-refractivity contribution in [3.05, 3.63) is 93.6 Å².